The number of nitrogens with one attached hydrogen (secondary N) is 2. The van der Waals surface area contributed by atoms with Gasteiger partial charge in [-0.3, -0.25) is 0 Å². The Morgan fingerprint density at radius 1 is 1.24 bits per heavy atom. The average Bonchev–Trinajstić information content (AvgIpc) is 3.69. The van der Waals surface area contributed by atoms with E-state index in [4.69, 9.17) is 38.6 Å². The van der Waals surface area contributed by atoms with Gasteiger partial charge in [0.2, 0.25) is 0 Å². The number of hydrogen-bond acceptors (Lipinski definition) is 8. The maximum Gasteiger partial charge on any atom is 0.387 e. The van der Waals surface area contributed by atoms with Gasteiger partial charge in [0.25, 0.3) is 0 Å². The van der Waals surface area contributed by atoms with E-state index >= 15 is 0 Å². The third-order valence-electron chi connectivity index (χ3n) is 6.80. The standard InChI is InChI=1S/C21H29Cl2N3O.C8H7F2NO3S/c1-4-15(11-13(3)24-5-2)25-12-16-20(26-27-21(16)14-9-10-14)19-17(22)7-6-8-18(19)23;9-8(10)14-4-1-3(7(12)13)2-5(15)6(4)11/h6-8,13-15,24-25H,4-5,9-12H2,1-3H3;1-2,8,15H,11H2,(H,12,13). The van der Waals surface area contributed by atoms with Gasteiger partial charge in [-0.05, 0) is 63.4 Å². The highest BCUT2D eigenvalue weighted by Gasteiger charge is 2.33. The first-order chi connectivity index (χ1) is 20.0. The Labute approximate surface area is 259 Å². The fraction of sp³-hybridized carbons (Fsp3) is 0.448. The summed E-state index contributed by atoms with van der Waals surface area (Å²) < 4.78 is 33.6. The number of nitrogens with two attached hydrogens (primary N) is 1. The van der Waals surface area contributed by atoms with Gasteiger partial charge >= 0.3 is 12.6 Å². The molecule has 1 heterocycles. The van der Waals surface area contributed by atoms with Crippen molar-refractivity contribution in [2.45, 2.75) is 82.5 Å². The van der Waals surface area contributed by atoms with E-state index in [1.165, 1.54) is 0 Å². The number of carboxylic acid groups (broad SMARTS) is 1. The molecule has 2 atom stereocenters. The molecule has 2 aromatic carbocycles. The van der Waals surface area contributed by atoms with E-state index in [0.29, 0.717) is 34.6 Å². The van der Waals surface area contributed by atoms with Crippen LogP contribution in [0.1, 0.15) is 74.1 Å². The second-order valence-corrected chi connectivity index (χ2v) is 11.3. The molecule has 42 heavy (non-hydrogen) atoms. The van der Waals surface area contributed by atoms with Crippen LogP contribution in [0, 0.1) is 0 Å². The Morgan fingerprint density at radius 2 is 1.90 bits per heavy atom. The zero-order valence-electron chi connectivity index (χ0n) is 23.6. The molecule has 1 aliphatic carbocycles. The smallest absolute Gasteiger partial charge is 0.387 e. The topological polar surface area (TPSA) is 123 Å². The zero-order chi connectivity index (χ0) is 31.0. The van der Waals surface area contributed by atoms with Crippen molar-refractivity contribution >= 4 is 47.5 Å². The minimum absolute atomic E-state index is 0.0746. The molecule has 13 heteroatoms. The lowest BCUT2D eigenvalue weighted by Crippen LogP contribution is -2.36. The van der Waals surface area contributed by atoms with Crippen LogP contribution >= 0.6 is 35.8 Å². The normalized spacial score (nSPS) is 14.3. The van der Waals surface area contributed by atoms with Gasteiger partial charge in [0.1, 0.15) is 11.5 Å². The van der Waals surface area contributed by atoms with Crippen molar-refractivity contribution in [1.29, 1.82) is 0 Å². The molecule has 5 N–H and O–H groups in total. The number of halogens is 4. The van der Waals surface area contributed by atoms with Crippen molar-refractivity contribution < 1.29 is 27.9 Å². The molecule has 0 spiro atoms. The van der Waals surface area contributed by atoms with Crippen LogP contribution in [0.5, 0.6) is 5.75 Å². The fourth-order valence-corrected chi connectivity index (χ4v) is 5.33. The molecule has 1 aromatic heterocycles. The lowest BCUT2D eigenvalue weighted by Gasteiger charge is -2.22. The lowest BCUT2D eigenvalue weighted by molar-refractivity contribution is -0.0495. The van der Waals surface area contributed by atoms with Gasteiger partial charge in [-0.1, -0.05) is 48.3 Å². The highest BCUT2D eigenvalue weighted by molar-refractivity contribution is 7.80. The second-order valence-electron chi connectivity index (χ2n) is 10.0. The van der Waals surface area contributed by atoms with Gasteiger partial charge in [-0.15, -0.1) is 12.6 Å². The van der Waals surface area contributed by atoms with Crippen molar-refractivity contribution in [3.63, 3.8) is 0 Å². The van der Waals surface area contributed by atoms with Gasteiger partial charge in [0.05, 0.1) is 21.3 Å². The Morgan fingerprint density at radius 3 is 2.45 bits per heavy atom. The number of ether oxygens (including phenoxy) is 1. The van der Waals surface area contributed by atoms with E-state index in [0.717, 1.165) is 66.9 Å². The highest BCUT2D eigenvalue weighted by Crippen LogP contribution is 2.45. The number of nitrogens with zero attached hydrogens (tertiary/aromatic N) is 1. The van der Waals surface area contributed by atoms with Gasteiger partial charge in [0, 0.05) is 40.6 Å². The molecular weight excluding hydrogens is 609 g/mol. The number of aromatic carboxylic acids is 1. The number of benzene rings is 2. The Balaban J connectivity index is 0.000000274. The molecule has 0 radical (unpaired) electrons. The Hall–Kier alpha value is -2.57. The van der Waals surface area contributed by atoms with Crippen molar-refractivity contribution in [3.05, 3.63) is 57.3 Å². The van der Waals surface area contributed by atoms with Gasteiger partial charge in [-0.25, -0.2) is 4.79 Å². The summed E-state index contributed by atoms with van der Waals surface area (Å²) >= 11 is 16.7. The number of nitrogen functional groups attached to an aromatic ring is 1. The van der Waals surface area contributed by atoms with E-state index in [-0.39, 0.29) is 16.1 Å². The number of alkyl halides is 2. The summed E-state index contributed by atoms with van der Waals surface area (Å²) in [6.45, 7) is 5.23. The zero-order valence-corrected chi connectivity index (χ0v) is 26.0. The molecule has 0 amide bonds. The molecule has 0 bridgehead atoms. The minimum atomic E-state index is -3.07. The van der Waals surface area contributed by atoms with Crippen LogP contribution in [-0.4, -0.2) is 41.5 Å². The van der Waals surface area contributed by atoms with Crippen LogP contribution in [0.3, 0.4) is 0 Å². The predicted molar refractivity (Wildman–Crippen MR) is 164 cm³/mol. The largest absolute Gasteiger partial charge is 0.478 e. The molecule has 2 unspecified atom stereocenters. The van der Waals surface area contributed by atoms with Crippen LogP contribution in [0.25, 0.3) is 11.3 Å². The van der Waals surface area contributed by atoms with Crippen molar-refractivity contribution in [3.8, 4) is 17.0 Å². The number of anilines is 1. The van der Waals surface area contributed by atoms with E-state index < -0.39 is 18.3 Å². The summed E-state index contributed by atoms with van der Waals surface area (Å²) in [6, 6.07) is 8.52. The fourth-order valence-electron chi connectivity index (χ4n) is 4.51. The summed E-state index contributed by atoms with van der Waals surface area (Å²) in [6.07, 6.45) is 4.47. The number of thiol groups is 1. The second kappa shape index (κ2) is 15.8. The van der Waals surface area contributed by atoms with Gasteiger partial charge < -0.3 is 30.7 Å². The average molecular weight is 646 g/mol. The molecule has 230 valence electrons. The SMILES string of the molecule is CCNC(C)CC(CC)NCc1c(-c2c(Cl)cccc2Cl)noc1C1CC1.Nc1c(S)cc(C(=O)O)cc1OC(F)F. The van der Waals surface area contributed by atoms with Crippen molar-refractivity contribution in [2.75, 3.05) is 12.3 Å². The first-order valence-electron chi connectivity index (χ1n) is 13.7. The van der Waals surface area contributed by atoms with Crippen LogP contribution in [0.4, 0.5) is 14.5 Å². The Kier molecular flexibility index (Phi) is 12.7. The first-order valence-corrected chi connectivity index (χ1v) is 14.9. The number of carboxylic acids is 1. The van der Waals surface area contributed by atoms with Crippen LogP contribution in [-0.2, 0) is 6.54 Å². The van der Waals surface area contributed by atoms with E-state index in [1.54, 1.807) is 0 Å². The summed E-state index contributed by atoms with van der Waals surface area (Å²) in [4.78, 5) is 10.7. The number of hydrogen-bond donors (Lipinski definition) is 5. The molecule has 1 aliphatic rings. The maximum atomic E-state index is 11.9. The number of rotatable bonds is 13. The molecule has 8 nitrogen and oxygen atoms in total. The third kappa shape index (κ3) is 9.21. The molecule has 1 saturated carbocycles. The van der Waals surface area contributed by atoms with Gasteiger partial charge in [-0.2, -0.15) is 8.78 Å². The summed E-state index contributed by atoms with van der Waals surface area (Å²) in [5.74, 6) is -0.201. The molecule has 4 rings (SSSR count). The van der Waals surface area contributed by atoms with E-state index in [9.17, 15) is 13.6 Å². The van der Waals surface area contributed by atoms with Crippen LogP contribution in [0.15, 0.2) is 39.8 Å². The number of aromatic nitrogens is 1. The molecule has 0 saturated heterocycles. The number of carbonyl (C=O) groups is 1. The predicted octanol–water partition coefficient (Wildman–Crippen LogP) is 7.64. The van der Waals surface area contributed by atoms with E-state index in [1.807, 2.05) is 18.2 Å². The Bertz CT molecular complexity index is 1340. The van der Waals surface area contributed by atoms with Crippen LogP contribution < -0.4 is 21.1 Å². The maximum absolute atomic E-state index is 11.9. The summed E-state index contributed by atoms with van der Waals surface area (Å²) in [5, 5.41) is 21.4. The summed E-state index contributed by atoms with van der Waals surface area (Å²) in [7, 11) is 0. The third-order valence-corrected chi connectivity index (χ3v) is 7.80. The van der Waals surface area contributed by atoms with Crippen molar-refractivity contribution in [2.24, 2.45) is 0 Å². The highest BCUT2D eigenvalue weighted by atomic mass is 35.5. The molecule has 1 fully saturated rings. The minimum Gasteiger partial charge on any atom is -0.478 e. The van der Waals surface area contributed by atoms with E-state index in [2.05, 4.69) is 53.9 Å². The van der Waals surface area contributed by atoms with Crippen LogP contribution in [0.2, 0.25) is 10.0 Å². The van der Waals surface area contributed by atoms with Gasteiger partial charge in [0.15, 0.2) is 5.75 Å². The first kappa shape index (κ1) is 33.9. The molecule has 3 aromatic rings. The summed E-state index contributed by atoms with van der Waals surface area (Å²) in [5.41, 5.74) is 7.67. The molecule has 0 aliphatic heterocycles. The molecular formula is C29H36Cl2F2N4O4S. The lowest BCUT2D eigenvalue weighted by atomic mass is 10.0. The quantitative estimate of drug-likeness (QED) is 0.0950. The van der Waals surface area contributed by atoms with Crippen molar-refractivity contribution in [1.82, 2.24) is 15.8 Å². The monoisotopic (exact) mass is 644 g/mol.